The van der Waals surface area contributed by atoms with Gasteiger partial charge in [0.15, 0.2) is 0 Å². The maximum Gasteiger partial charge on any atom is 0.222 e. The highest BCUT2D eigenvalue weighted by Crippen LogP contribution is 2.36. The second kappa shape index (κ2) is 7.91. The van der Waals surface area contributed by atoms with Crippen molar-refractivity contribution in [3.63, 3.8) is 0 Å². The Balaban J connectivity index is 1.33. The van der Waals surface area contributed by atoms with Crippen molar-refractivity contribution in [2.45, 2.75) is 43.9 Å². The summed E-state index contributed by atoms with van der Waals surface area (Å²) in [5, 5.41) is 4.33. The van der Waals surface area contributed by atoms with Gasteiger partial charge >= 0.3 is 0 Å². The van der Waals surface area contributed by atoms with Crippen molar-refractivity contribution in [1.82, 2.24) is 14.9 Å². The Morgan fingerprint density at radius 2 is 1.92 bits per heavy atom. The van der Waals surface area contributed by atoms with Gasteiger partial charge in [-0.1, -0.05) is 29.8 Å². The van der Waals surface area contributed by atoms with Gasteiger partial charge in [-0.3, -0.25) is 4.90 Å². The summed E-state index contributed by atoms with van der Waals surface area (Å²) in [7, 11) is 0. The van der Waals surface area contributed by atoms with Crippen LogP contribution in [0.25, 0.3) is 0 Å². The third-order valence-electron chi connectivity index (χ3n) is 5.51. The molecule has 1 spiro atoms. The Bertz CT molecular complexity index is 719. The second-order valence-electron chi connectivity index (χ2n) is 7.31. The molecule has 1 aromatic heterocycles. The number of halogens is 1. The Morgan fingerprint density at radius 1 is 1.15 bits per heavy atom. The summed E-state index contributed by atoms with van der Waals surface area (Å²) in [5.41, 5.74) is 1.19. The van der Waals surface area contributed by atoms with Crippen molar-refractivity contribution in [2.24, 2.45) is 0 Å². The van der Waals surface area contributed by atoms with Crippen molar-refractivity contribution in [3.05, 3.63) is 53.3 Å². The average molecular weight is 373 g/mol. The van der Waals surface area contributed by atoms with Gasteiger partial charge in [-0.2, -0.15) is 0 Å². The molecular formula is C20H25ClN4O. The van der Waals surface area contributed by atoms with Crippen LogP contribution in [-0.4, -0.2) is 46.2 Å². The van der Waals surface area contributed by atoms with E-state index in [1.165, 1.54) is 5.56 Å². The molecule has 6 heteroatoms. The van der Waals surface area contributed by atoms with Crippen LogP contribution < -0.4 is 5.32 Å². The van der Waals surface area contributed by atoms with Gasteiger partial charge in [0.1, 0.15) is 0 Å². The standard InChI is InChI=1S/C20H25ClN4O/c21-18-5-2-1-4-16(18)15-25-11-7-20(8-12-25)14-17(6-13-26-20)24-19-22-9-3-10-23-19/h1-5,9-10,17H,6-8,11-15H2,(H,22,23,24)/t17-/m1/s1. The van der Waals surface area contributed by atoms with Crippen LogP contribution in [0.1, 0.15) is 31.2 Å². The quantitative estimate of drug-likeness (QED) is 0.885. The Kier molecular flexibility index (Phi) is 5.38. The highest BCUT2D eigenvalue weighted by Gasteiger charge is 2.40. The monoisotopic (exact) mass is 372 g/mol. The van der Waals surface area contributed by atoms with Gasteiger partial charge in [0.2, 0.25) is 5.95 Å². The first-order valence-electron chi connectivity index (χ1n) is 9.36. The number of nitrogens with zero attached hydrogens (tertiary/aromatic N) is 3. The third-order valence-corrected chi connectivity index (χ3v) is 5.88. The minimum absolute atomic E-state index is 0.0122. The molecule has 0 amide bonds. The van der Waals surface area contributed by atoms with E-state index in [0.29, 0.717) is 12.0 Å². The van der Waals surface area contributed by atoms with Crippen LogP contribution in [-0.2, 0) is 11.3 Å². The van der Waals surface area contributed by atoms with Crippen molar-refractivity contribution in [1.29, 1.82) is 0 Å². The van der Waals surface area contributed by atoms with Gasteiger partial charge in [0.25, 0.3) is 0 Å². The molecule has 2 aromatic rings. The lowest BCUT2D eigenvalue weighted by Gasteiger charge is -2.46. The van der Waals surface area contributed by atoms with E-state index < -0.39 is 0 Å². The van der Waals surface area contributed by atoms with Gasteiger partial charge < -0.3 is 10.1 Å². The van der Waals surface area contributed by atoms with Crippen molar-refractivity contribution >= 4 is 17.5 Å². The van der Waals surface area contributed by atoms with E-state index in [9.17, 15) is 0 Å². The highest BCUT2D eigenvalue weighted by molar-refractivity contribution is 6.31. The number of ether oxygens (including phenoxy) is 1. The van der Waals surface area contributed by atoms with E-state index >= 15 is 0 Å². The maximum atomic E-state index is 6.31. The Morgan fingerprint density at radius 3 is 2.69 bits per heavy atom. The number of anilines is 1. The lowest BCUT2D eigenvalue weighted by atomic mass is 9.82. The summed E-state index contributed by atoms with van der Waals surface area (Å²) < 4.78 is 6.26. The van der Waals surface area contributed by atoms with Gasteiger partial charge in [-0.15, -0.1) is 0 Å². The van der Waals surface area contributed by atoms with E-state index in [4.69, 9.17) is 16.3 Å². The van der Waals surface area contributed by atoms with E-state index in [-0.39, 0.29) is 5.60 Å². The minimum Gasteiger partial charge on any atom is -0.375 e. The molecule has 138 valence electrons. The van der Waals surface area contributed by atoms with Crippen LogP contribution in [0.15, 0.2) is 42.7 Å². The molecule has 1 aromatic carbocycles. The lowest BCUT2D eigenvalue weighted by molar-refractivity contribution is -0.115. The molecule has 0 bridgehead atoms. The fourth-order valence-electron chi connectivity index (χ4n) is 4.04. The molecule has 2 aliphatic rings. The van der Waals surface area contributed by atoms with Gasteiger partial charge in [0, 0.05) is 49.7 Å². The first kappa shape index (κ1) is 17.7. The highest BCUT2D eigenvalue weighted by atomic mass is 35.5. The number of piperidine rings is 1. The molecule has 4 rings (SSSR count). The van der Waals surface area contributed by atoms with Crippen molar-refractivity contribution < 1.29 is 4.74 Å². The second-order valence-corrected chi connectivity index (χ2v) is 7.71. The van der Waals surface area contributed by atoms with Crippen LogP contribution >= 0.6 is 11.6 Å². The van der Waals surface area contributed by atoms with Crippen LogP contribution in [0.4, 0.5) is 5.95 Å². The van der Waals surface area contributed by atoms with E-state index in [2.05, 4.69) is 32.3 Å². The van der Waals surface area contributed by atoms with E-state index in [1.807, 2.05) is 18.2 Å². The molecule has 0 radical (unpaired) electrons. The minimum atomic E-state index is -0.0122. The molecule has 0 saturated carbocycles. The molecule has 26 heavy (non-hydrogen) atoms. The fourth-order valence-corrected chi connectivity index (χ4v) is 4.24. The summed E-state index contributed by atoms with van der Waals surface area (Å²) in [6, 6.07) is 10.3. The maximum absolute atomic E-state index is 6.31. The van der Waals surface area contributed by atoms with Crippen LogP contribution in [0, 0.1) is 0 Å². The molecular weight excluding hydrogens is 348 g/mol. The van der Waals surface area contributed by atoms with Gasteiger partial charge in [0.05, 0.1) is 5.60 Å². The zero-order chi connectivity index (χ0) is 17.8. The third kappa shape index (κ3) is 4.17. The number of hydrogen-bond acceptors (Lipinski definition) is 5. The summed E-state index contributed by atoms with van der Waals surface area (Å²) in [4.78, 5) is 11.1. The van der Waals surface area contributed by atoms with Crippen LogP contribution in [0.5, 0.6) is 0 Å². The SMILES string of the molecule is Clc1ccccc1CN1CCC2(CC1)C[C@H](Nc1ncccn1)CCO2. The molecule has 2 fully saturated rings. The number of likely N-dealkylation sites (tertiary alicyclic amines) is 1. The van der Waals surface area contributed by atoms with Crippen LogP contribution in [0.2, 0.25) is 5.02 Å². The molecule has 3 heterocycles. The first-order chi connectivity index (χ1) is 12.7. The molecule has 2 saturated heterocycles. The van der Waals surface area contributed by atoms with Crippen molar-refractivity contribution in [2.75, 3.05) is 25.0 Å². The fraction of sp³-hybridized carbons (Fsp3) is 0.500. The number of hydrogen-bond donors (Lipinski definition) is 1. The first-order valence-corrected chi connectivity index (χ1v) is 9.74. The number of benzene rings is 1. The molecule has 2 aliphatic heterocycles. The average Bonchev–Trinajstić information content (AvgIpc) is 2.67. The van der Waals surface area contributed by atoms with E-state index in [0.717, 1.165) is 56.9 Å². The number of aromatic nitrogens is 2. The van der Waals surface area contributed by atoms with Crippen molar-refractivity contribution in [3.8, 4) is 0 Å². The Labute approximate surface area is 159 Å². The molecule has 0 aliphatic carbocycles. The Hall–Kier alpha value is -1.69. The topological polar surface area (TPSA) is 50.3 Å². The summed E-state index contributed by atoms with van der Waals surface area (Å²) in [6.07, 6.45) is 7.69. The normalized spacial score (nSPS) is 23.0. The molecule has 5 nitrogen and oxygen atoms in total. The smallest absolute Gasteiger partial charge is 0.222 e. The summed E-state index contributed by atoms with van der Waals surface area (Å²) >= 11 is 6.31. The van der Waals surface area contributed by atoms with E-state index in [1.54, 1.807) is 12.4 Å². The molecule has 1 atom stereocenters. The van der Waals surface area contributed by atoms with Gasteiger partial charge in [-0.05, 0) is 43.4 Å². The number of rotatable bonds is 4. The largest absolute Gasteiger partial charge is 0.375 e. The predicted octanol–water partition coefficient (Wildman–Crippen LogP) is 3.76. The van der Waals surface area contributed by atoms with Gasteiger partial charge in [-0.25, -0.2) is 9.97 Å². The molecule has 1 N–H and O–H groups in total. The molecule has 0 unspecified atom stereocenters. The summed E-state index contributed by atoms with van der Waals surface area (Å²) in [6.45, 7) is 3.80. The zero-order valence-electron chi connectivity index (χ0n) is 14.9. The van der Waals surface area contributed by atoms with Crippen LogP contribution in [0.3, 0.4) is 0 Å². The zero-order valence-corrected chi connectivity index (χ0v) is 15.7. The lowest BCUT2D eigenvalue weighted by Crippen LogP contribution is -2.51. The summed E-state index contributed by atoms with van der Waals surface area (Å²) in [5.74, 6) is 0.714. The number of nitrogens with one attached hydrogen (secondary N) is 1. The predicted molar refractivity (Wildman–Crippen MR) is 103 cm³/mol.